The van der Waals surface area contributed by atoms with Crippen LogP contribution in [0.25, 0.3) is 22.2 Å². The number of nitrogens with one attached hydrogen (secondary N) is 1. The van der Waals surface area contributed by atoms with Gasteiger partial charge < -0.3 is 5.32 Å². The van der Waals surface area contributed by atoms with Gasteiger partial charge in [0.1, 0.15) is 6.54 Å². The van der Waals surface area contributed by atoms with Gasteiger partial charge in [-0.3, -0.25) is 9.48 Å². The number of carbonyl (C=O) groups is 1. The van der Waals surface area contributed by atoms with Crippen LogP contribution < -0.4 is 5.32 Å². The number of hydrogen-bond acceptors (Lipinski definition) is 4. The number of amides is 1. The van der Waals surface area contributed by atoms with Crippen molar-refractivity contribution in [3.8, 4) is 11.1 Å². The summed E-state index contributed by atoms with van der Waals surface area (Å²) in [6, 6.07) is 24.1. The highest BCUT2D eigenvalue weighted by Gasteiger charge is 2.16. The van der Waals surface area contributed by atoms with Gasteiger partial charge >= 0.3 is 0 Å². The zero-order valence-electron chi connectivity index (χ0n) is 18.6. The van der Waals surface area contributed by atoms with Crippen LogP contribution in [0.4, 0.5) is 5.82 Å². The second-order valence-corrected chi connectivity index (χ2v) is 8.03. The number of pyridine rings is 1. The Bertz CT molecular complexity index is 1420. The molecule has 0 spiro atoms. The maximum atomic E-state index is 12.8. The molecule has 5 rings (SSSR count). The molecule has 0 aliphatic heterocycles. The van der Waals surface area contributed by atoms with Gasteiger partial charge in [0.05, 0.1) is 12.2 Å². The predicted octanol–water partition coefficient (Wildman–Crippen LogP) is 4.60. The fraction of sp³-hybridized carbons (Fsp3) is 0.154. The van der Waals surface area contributed by atoms with Crippen molar-refractivity contribution in [2.75, 3.05) is 5.32 Å². The molecule has 0 fully saturated rings. The van der Waals surface area contributed by atoms with E-state index in [1.807, 2.05) is 67.1 Å². The van der Waals surface area contributed by atoms with Crippen LogP contribution in [0.3, 0.4) is 0 Å². The summed E-state index contributed by atoms with van der Waals surface area (Å²) < 4.78 is 3.53. The summed E-state index contributed by atoms with van der Waals surface area (Å²) in [4.78, 5) is 17.3. The molecule has 7 heteroatoms. The van der Waals surface area contributed by atoms with E-state index in [1.54, 1.807) is 10.9 Å². The number of carbonyl (C=O) groups excluding carboxylic acids is 1. The minimum absolute atomic E-state index is 0.0557. The second kappa shape index (κ2) is 8.70. The fourth-order valence-electron chi connectivity index (χ4n) is 4.06. The highest BCUT2D eigenvalue weighted by Crippen LogP contribution is 2.29. The van der Waals surface area contributed by atoms with Crippen molar-refractivity contribution in [2.45, 2.75) is 26.9 Å². The Labute approximate surface area is 191 Å². The molecule has 0 atom stereocenters. The van der Waals surface area contributed by atoms with Crippen LogP contribution in [-0.4, -0.2) is 30.5 Å². The van der Waals surface area contributed by atoms with E-state index in [-0.39, 0.29) is 12.5 Å². The largest absolute Gasteiger partial charge is 0.308 e. The molecule has 164 valence electrons. The molecule has 0 radical (unpaired) electrons. The van der Waals surface area contributed by atoms with E-state index in [2.05, 4.69) is 44.8 Å². The average Bonchev–Trinajstić information content (AvgIpc) is 3.33. The first-order chi connectivity index (χ1) is 16.1. The Balaban J connectivity index is 1.36. The molecule has 0 saturated heterocycles. The molecule has 0 aliphatic carbocycles. The summed E-state index contributed by atoms with van der Waals surface area (Å²) in [5, 5.41) is 13.0. The molecule has 3 heterocycles. The molecule has 3 aromatic heterocycles. The molecule has 5 aromatic rings. The van der Waals surface area contributed by atoms with Crippen molar-refractivity contribution in [3.63, 3.8) is 0 Å². The smallest absolute Gasteiger partial charge is 0.247 e. The molecule has 1 amide bonds. The van der Waals surface area contributed by atoms with E-state index in [0.717, 1.165) is 33.5 Å². The van der Waals surface area contributed by atoms with E-state index in [1.165, 1.54) is 0 Å². The molecule has 0 bridgehead atoms. The van der Waals surface area contributed by atoms with Gasteiger partial charge in [-0.25, -0.2) is 9.67 Å². The zero-order chi connectivity index (χ0) is 22.8. The standard InChI is InChI=1S/C26H24N6O/c1-18-15-23(30-31(18)16-20-9-5-3-6-10-20)28-24(33)17-32-26-25(19(2)29-32)22(13-14-27-26)21-11-7-4-8-12-21/h3-15H,16-17H2,1-2H3,(H,28,30,33). The fourth-order valence-corrected chi connectivity index (χ4v) is 4.06. The van der Waals surface area contributed by atoms with Gasteiger partial charge in [0.2, 0.25) is 5.91 Å². The van der Waals surface area contributed by atoms with Crippen molar-refractivity contribution in [2.24, 2.45) is 0 Å². The van der Waals surface area contributed by atoms with Crippen molar-refractivity contribution in [3.05, 3.63) is 95.9 Å². The molecule has 1 N–H and O–H groups in total. The SMILES string of the molecule is Cc1nn(CC(=O)Nc2cc(C)n(Cc3ccccc3)n2)c2nccc(-c3ccccc3)c12. The maximum absolute atomic E-state index is 12.8. The molecule has 7 nitrogen and oxygen atoms in total. The lowest BCUT2D eigenvalue weighted by molar-refractivity contribution is -0.116. The zero-order valence-corrected chi connectivity index (χ0v) is 18.6. The first-order valence-electron chi connectivity index (χ1n) is 10.8. The number of aryl methyl sites for hydroxylation is 2. The summed E-state index contributed by atoms with van der Waals surface area (Å²) in [6.45, 7) is 4.63. The van der Waals surface area contributed by atoms with E-state index in [4.69, 9.17) is 0 Å². The number of benzene rings is 2. The minimum atomic E-state index is -0.198. The monoisotopic (exact) mass is 436 g/mol. The lowest BCUT2D eigenvalue weighted by Gasteiger charge is -2.06. The summed E-state index contributed by atoms with van der Waals surface area (Å²) in [6.07, 6.45) is 1.76. The third-order valence-electron chi connectivity index (χ3n) is 5.61. The van der Waals surface area contributed by atoms with Gasteiger partial charge in [-0.15, -0.1) is 0 Å². The maximum Gasteiger partial charge on any atom is 0.247 e. The number of anilines is 1. The van der Waals surface area contributed by atoms with Crippen molar-refractivity contribution in [1.82, 2.24) is 24.5 Å². The van der Waals surface area contributed by atoms with Crippen LogP contribution >= 0.6 is 0 Å². The van der Waals surface area contributed by atoms with Crippen molar-refractivity contribution >= 4 is 22.8 Å². The van der Waals surface area contributed by atoms with E-state index < -0.39 is 0 Å². The van der Waals surface area contributed by atoms with Gasteiger partial charge in [-0.05, 0) is 36.6 Å². The molecule has 0 unspecified atom stereocenters. The van der Waals surface area contributed by atoms with Gasteiger partial charge in [-0.2, -0.15) is 10.2 Å². The molecule has 33 heavy (non-hydrogen) atoms. The lowest BCUT2D eigenvalue weighted by atomic mass is 10.0. The Morgan fingerprint density at radius 3 is 2.39 bits per heavy atom. The Morgan fingerprint density at radius 2 is 1.64 bits per heavy atom. The average molecular weight is 437 g/mol. The highest BCUT2D eigenvalue weighted by molar-refractivity contribution is 5.96. The predicted molar refractivity (Wildman–Crippen MR) is 129 cm³/mol. The summed E-state index contributed by atoms with van der Waals surface area (Å²) in [5.41, 5.74) is 5.81. The van der Waals surface area contributed by atoms with Crippen LogP contribution in [0.5, 0.6) is 0 Å². The number of fused-ring (bicyclic) bond motifs is 1. The Morgan fingerprint density at radius 1 is 0.909 bits per heavy atom. The summed E-state index contributed by atoms with van der Waals surface area (Å²) in [5.74, 6) is 0.329. The molecular weight excluding hydrogens is 412 g/mol. The van der Waals surface area contributed by atoms with Gasteiger partial charge in [0.25, 0.3) is 0 Å². The van der Waals surface area contributed by atoms with Crippen LogP contribution in [-0.2, 0) is 17.9 Å². The third-order valence-corrected chi connectivity index (χ3v) is 5.61. The van der Waals surface area contributed by atoms with E-state index in [0.29, 0.717) is 18.0 Å². The van der Waals surface area contributed by atoms with Crippen LogP contribution in [0.1, 0.15) is 17.0 Å². The summed E-state index contributed by atoms with van der Waals surface area (Å²) >= 11 is 0. The first kappa shape index (κ1) is 20.6. The van der Waals surface area contributed by atoms with Crippen molar-refractivity contribution < 1.29 is 4.79 Å². The quantitative estimate of drug-likeness (QED) is 0.422. The van der Waals surface area contributed by atoms with Gasteiger partial charge in [-0.1, -0.05) is 60.7 Å². The highest BCUT2D eigenvalue weighted by atomic mass is 16.2. The number of hydrogen-bond donors (Lipinski definition) is 1. The second-order valence-electron chi connectivity index (χ2n) is 8.03. The molecular formula is C26H24N6O. The van der Waals surface area contributed by atoms with Crippen molar-refractivity contribution in [1.29, 1.82) is 0 Å². The number of rotatable bonds is 6. The Hall–Kier alpha value is -4.26. The number of aromatic nitrogens is 5. The topological polar surface area (TPSA) is 77.6 Å². The normalized spacial score (nSPS) is 11.1. The minimum Gasteiger partial charge on any atom is -0.308 e. The molecule has 2 aromatic carbocycles. The lowest BCUT2D eigenvalue weighted by Crippen LogP contribution is -2.20. The van der Waals surface area contributed by atoms with Crippen LogP contribution in [0, 0.1) is 13.8 Å². The van der Waals surface area contributed by atoms with Gasteiger partial charge in [0, 0.05) is 23.3 Å². The summed E-state index contributed by atoms with van der Waals surface area (Å²) in [7, 11) is 0. The van der Waals surface area contributed by atoms with Crippen LogP contribution in [0.2, 0.25) is 0 Å². The van der Waals surface area contributed by atoms with Crippen LogP contribution in [0.15, 0.2) is 79.0 Å². The number of nitrogens with zero attached hydrogens (tertiary/aromatic N) is 5. The van der Waals surface area contributed by atoms with E-state index in [9.17, 15) is 4.79 Å². The third kappa shape index (κ3) is 4.25. The Kier molecular flexibility index (Phi) is 5.44. The molecule has 0 saturated carbocycles. The molecule has 0 aliphatic rings. The van der Waals surface area contributed by atoms with Gasteiger partial charge in [0.15, 0.2) is 11.5 Å². The van der Waals surface area contributed by atoms with E-state index >= 15 is 0 Å². The first-order valence-corrected chi connectivity index (χ1v) is 10.8.